The van der Waals surface area contributed by atoms with Gasteiger partial charge in [-0.2, -0.15) is 0 Å². The first kappa shape index (κ1) is 9.57. The Balaban J connectivity index is 2.93. The normalized spacial score (nSPS) is 10.6. The number of aromatic hydroxyl groups is 1. The van der Waals surface area contributed by atoms with Crippen molar-refractivity contribution in [1.29, 1.82) is 0 Å². The molecular weight excluding hydrogens is 321 g/mol. The molecule has 0 saturated heterocycles. The summed E-state index contributed by atoms with van der Waals surface area (Å²) in [4.78, 5) is 9.98. The Bertz CT molecular complexity index is 526. The topological polar surface area (TPSA) is 89.2 Å². The summed E-state index contributed by atoms with van der Waals surface area (Å²) in [5.41, 5.74) is 0.253. The van der Waals surface area contributed by atoms with Gasteiger partial charge in [0.25, 0.3) is 0 Å². The Morgan fingerprint density at radius 1 is 1.50 bits per heavy atom. The van der Waals surface area contributed by atoms with Gasteiger partial charge in [0, 0.05) is 0 Å². The van der Waals surface area contributed by atoms with Crippen molar-refractivity contribution >= 4 is 47.6 Å². The number of nitrogens with zero attached hydrogens (tertiary/aromatic N) is 3. The van der Waals surface area contributed by atoms with Gasteiger partial charge in [-0.05, 0) is 0 Å². The van der Waals surface area contributed by atoms with Gasteiger partial charge in [-0.3, -0.25) is 0 Å². The molecule has 1 aromatic carbocycles. The van der Waals surface area contributed by atoms with Crippen LogP contribution in [0.3, 0.4) is 0 Å². The van der Waals surface area contributed by atoms with Crippen LogP contribution in [0.2, 0.25) is 0 Å². The van der Waals surface area contributed by atoms with Crippen LogP contribution in [-0.4, -0.2) is 33.0 Å². The molecule has 2 aromatic rings. The number of rotatable bonds is 1. The van der Waals surface area contributed by atoms with E-state index in [9.17, 15) is 15.2 Å². The second kappa shape index (κ2) is 3.30. The molecule has 0 amide bonds. The average Bonchev–Trinajstić information content (AvgIpc) is 2.51. The van der Waals surface area contributed by atoms with Crippen LogP contribution in [0.4, 0.5) is 5.69 Å². The van der Waals surface area contributed by atoms with Crippen molar-refractivity contribution in [2.45, 2.75) is 0 Å². The number of hydrogen-bond donors (Lipinski definition) is 1. The van der Waals surface area contributed by atoms with Crippen molar-refractivity contribution in [1.82, 2.24) is 7.96 Å². The maximum atomic E-state index is 10.6. The molecule has 0 bridgehead atoms. The van der Waals surface area contributed by atoms with E-state index in [2.05, 4.69) is 23.9 Å². The van der Waals surface area contributed by atoms with Crippen molar-refractivity contribution in [3.8, 4) is 5.75 Å². The fraction of sp³-hybridized carbons (Fsp3) is 0. The van der Waals surface area contributed by atoms with Gasteiger partial charge in [0.2, 0.25) is 0 Å². The molecule has 8 heteroatoms. The van der Waals surface area contributed by atoms with Gasteiger partial charge in [0.05, 0.1) is 0 Å². The number of phenols is 1. The molecule has 6 nitrogen and oxygen atoms in total. The molecule has 0 unspecified atom stereocenters. The van der Waals surface area contributed by atoms with Gasteiger partial charge in [0.1, 0.15) is 0 Å². The van der Waals surface area contributed by atoms with E-state index in [4.69, 9.17) is 0 Å². The number of phenolic OH excluding ortho intramolecular Hbond substituents is 1. The molecule has 1 aromatic heterocycles. The van der Waals surface area contributed by atoms with Crippen molar-refractivity contribution < 1.29 is 10.0 Å². The Morgan fingerprint density at radius 2 is 2.14 bits per heavy atom. The predicted octanol–water partition coefficient (Wildman–Crippen LogP) is 1.06. The minimum absolute atomic E-state index is 0.168. The number of fused-ring (bicyclic) bond motifs is 1. The summed E-state index contributed by atoms with van der Waals surface area (Å²) in [5.74, 6) is -0.391. The number of benzene rings is 1. The Labute approximate surface area is 92.1 Å². The number of nitro groups is 1. The third-order valence-corrected chi connectivity index (χ3v) is 3.34. The van der Waals surface area contributed by atoms with Crippen LogP contribution in [0.25, 0.3) is 11.0 Å². The van der Waals surface area contributed by atoms with E-state index in [1.54, 1.807) is 0 Å². The Morgan fingerprint density at radius 3 is 2.79 bits per heavy atom. The van der Waals surface area contributed by atoms with Crippen LogP contribution in [0.5, 0.6) is 5.75 Å². The van der Waals surface area contributed by atoms with Gasteiger partial charge >= 0.3 is 92.0 Å². The minimum atomic E-state index is -0.652. The zero-order valence-electron chi connectivity index (χ0n) is 6.47. The summed E-state index contributed by atoms with van der Waals surface area (Å²) in [7, 11) is 0. The van der Waals surface area contributed by atoms with Crippen LogP contribution in [0, 0.1) is 10.1 Å². The van der Waals surface area contributed by atoms with Crippen LogP contribution < -0.4 is 0 Å². The SMILES string of the molecule is O=[N+]([O-])c1c(O)cc(Br)c2n[se]nc12. The summed E-state index contributed by atoms with van der Waals surface area (Å²) in [5, 5.41) is 20.0. The number of aromatic nitrogens is 2. The summed E-state index contributed by atoms with van der Waals surface area (Å²) in [6, 6.07) is 1.26. The monoisotopic (exact) mass is 323 g/mol. The van der Waals surface area contributed by atoms with Crippen LogP contribution in [-0.2, 0) is 0 Å². The molecule has 14 heavy (non-hydrogen) atoms. The summed E-state index contributed by atoms with van der Waals surface area (Å²) in [6.45, 7) is 0. The third-order valence-electron chi connectivity index (χ3n) is 1.63. The van der Waals surface area contributed by atoms with E-state index in [0.29, 0.717) is 9.99 Å². The second-order valence-corrected chi connectivity index (χ2v) is 4.41. The molecule has 0 fully saturated rings. The second-order valence-electron chi connectivity index (χ2n) is 2.44. The van der Waals surface area contributed by atoms with E-state index in [1.165, 1.54) is 6.07 Å². The number of hydrogen-bond acceptors (Lipinski definition) is 5. The van der Waals surface area contributed by atoms with Gasteiger partial charge in [-0.25, -0.2) is 0 Å². The average molecular weight is 323 g/mol. The van der Waals surface area contributed by atoms with Gasteiger partial charge in [-0.1, -0.05) is 0 Å². The third kappa shape index (κ3) is 1.31. The fourth-order valence-corrected chi connectivity index (χ4v) is 2.99. The van der Waals surface area contributed by atoms with Crippen LogP contribution in [0.1, 0.15) is 0 Å². The van der Waals surface area contributed by atoms with Crippen LogP contribution in [0.15, 0.2) is 10.5 Å². The fourth-order valence-electron chi connectivity index (χ4n) is 1.06. The molecule has 0 aliphatic rings. The van der Waals surface area contributed by atoms with E-state index in [-0.39, 0.29) is 26.2 Å². The molecule has 0 aliphatic heterocycles. The molecule has 0 radical (unpaired) electrons. The summed E-state index contributed by atoms with van der Waals surface area (Å²) < 4.78 is 8.45. The molecule has 1 heterocycles. The van der Waals surface area contributed by atoms with Crippen molar-refractivity contribution in [3.05, 3.63) is 20.7 Å². The zero-order chi connectivity index (χ0) is 10.3. The Hall–Kier alpha value is -0.981. The molecule has 0 aliphatic carbocycles. The molecular formula is C6H2BrN3O3Se. The molecule has 0 saturated carbocycles. The molecule has 0 spiro atoms. The number of halogens is 1. The first-order chi connectivity index (χ1) is 6.61. The standard InChI is InChI=1S/C6H2BrN3O3Se/c7-2-1-3(11)6(10(12)13)5-4(2)8-14-9-5/h1,11H. The quantitative estimate of drug-likeness (QED) is 0.482. The van der Waals surface area contributed by atoms with Crippen molar-refractivity contribution in [2.75, 3.05) is 0 Å². The van der Waals surface area contributed by atoms with Gasteiger partial charge < -0.3 is 0 Å². The van der Waals surface area contributed by atoms with E-state index in [1.807, 2.05) is 0 Å². The first-order valence-corrected chi connectivity index (χ1v) is 5.72. The number of nitro benzene ring substituents is 1. The van der Waals surface area contributed by atoms with Crippen molar-refractivity contribution in [3.63, 3.8) is 0 Å². The summed E-state index contributed by atoms with van der Waals surface area (Å²) >= 11 is 2.80. The molecule has 2 rings (SSSR count). The molecule has 72 valence electrons. The van der Waals surface area contributed by atoms with Crippen molar-refractivity contribution in [2.24, 2.45) is 0 Å². The Kier molecular flexibility index (Phi) is 2.26. The summed E-state index contributed by atoms with van der Waals surface area (Å²) in [6.07, 6.45) is 0. The zero-order valence-corrected chi connectivity index (χ0v) is 9.77. The van der Waals surface area contributed by atoms with Gasteiger partial charge in [-0.15, -0.1) is 0 Å². The van der Waals surface area contributed by atoms with E-state index >= 15 is 0 Å². The first-order valence-electron chi connectivity index (χ1n) is 3.39. The van der Waals surface area contributed by atoms with E-state index in [0.717, 1.165) is 0 Å². The van der Waals surface area contributed by atoms with E-state index < -0.39 is 10.7 Å². The predicted molar refractivity (Wildman–Crippen MR) is 52.5 cm³/mol. The molecule has 0 atom stereocenters. The van der Waals surface area contributed by atoms with Gasteiger partial charge in [0.15, 0.2) is 0 Å². The maximum absolute atomic E-state index is 10.6. The van der Waals surface area contributed by atoms with Crippen LogP contribution >= 0.6 is 15.9 Å². The molecule has 1 N–H and O–H groups in total.